The lowest BCUT2D eigenvalue weighted by Crippen LogP contribution is -1.99. The van der Waals surface area contributed by atoms with Gasteiger partial charge < -0.3 is 0 Å². The van der Waals surface area contributed by atoms with Crippen LogP contribution >= 0.6 is 0 Å². The van der Waals surface area contributed by atoms with Gasteiger partial charge in [0.1, 0.15) is 22.5 Å². The normalized spacial score (nSPS) is 11.1. The number of hydrogen-bond donors (Lipinski definition) is 0. The number of hydrogen-bond acceptors (Lipinski definition) is 3. The highest BCUT2D eigenvalue weighted by molar-refractivity contribution is 5.92. The molecule has 0 aliphatic rings. The lowest BCUT2D eigenvalue weighted by atomic mass is 10.1. The summed E-state index contributed by atoms with van der Waals surface area (Å²) in [5, 5.41) is 4.42. The first-order valence-corrected chi connectivity index (χ1v) is 7.58. The molecule has 0 atom stereocenters. The third-order valence-electron chi connectivity index (χ3n) is 3.92. The second kappa shape index (κ2) is 5.53. The van der Waals surface area contributed by atoms with Crippen LogP contribution in [-0.4, -0.2) is 19.7 Å². The van der Waals surface area contributed by atoms with Crippen LogP contribution in [0.5, 0.6) is 0 Å². The maximum absolute atomic E-state index is 14.4. The smallest absolute Gasteiger partial charge is 0.160 e. The van der Waals surface area contributed by atoms with Crippen LogP contribution in [0.2, 0.25) is 0 Å². The maximum Gasteiger partial charge on any atom is 0.160 e. The number of halogens is 1. The van der Waals surface area contributed by atoms with Crippen molar-refractivity contribution in [3.05, 3.63) is 66.1 Å². The van der Waals surface area contributed by atoms with E-state index in [1.54, 1.807) is 16.8 Å². The van der Waals surface area contributed by atoms with Crippen LogP contribution in [0.4, 0.5) is 4.39 Å². The lowest BCUT2D eigenvalue weighted by molar-refractivity contribution is 0.630. The molecular formula is C19H14FN4. The number of rotatable bonds is 2. The largest absolute Gasteiger partial charge is 0.264 e. The average molecular weight is 317 g/mol. The first-order valence-electron chi connectivity index (χ1n) is 7.58. The van der Waals surface area contributed by atoms with E-state index in [2.05, 4.69) is 21.1 Å². The van der Waals surface area contributed by atoms with Crippen molar-refractivity contribution in [2.24, 2.45) is 7.05 Å². The molecule has 1 radical (unpaired) electrons. The monoisotopic (exact) mass is 317 g/mol. The Morgan fingerprint density at radius 2 is 1.83 bits per heavy atom. The summed E-state index contributed by atoms with van der Waals surface area (Å²) in [5.74, 6) is 0.182. The second-order valence-corrected chi connectivity index (χ2v) is 5.56. The van der Waals surface area contributed by atoms with Crippen molar-refractivity contribution in [3.8, 4) is 22.6 Å². The Kier molecular flexibility index (Phi) is 3.34. The molecule has 0 N–H and O–H groups in total. The summed E-state index contributed by atoms with van der Waals surface area (Å²) in [6, 6.07) is 17.3. The third-order valence-corrected chi connectivity index (χ3v) is 3.92. The topological polar surface area (TPSA) is 43.6 Å². The zero-order valence-electron chi connectivity index (χ0n) is 13.3. The Labute approximate surface area is 138 Å². The molecule has 0 saturated heterocycles. The molecule has 0 fully saturated rings. The van der Waals surface area contributed by atoms with Crippen molar-refractivity contribution in [2.45, 2.75) is 6.92 Å². The van der Waals surface area contributed by atoms with Gasteiger partial charge in [0.25, 0.3) is 0 Å². The molecule has 4 nitrogen and oxygen atoms in total. The number of benzene rings is 2. The van der Waals surface area contributed by atoms with Crippen LogP contribution in [0.3, 0.4) is 0 Å². The lowest BCUT2D eigenvalue weighted by Gasteiger charge is -2.08. The molecule has 24 heavy (non-hydrogen) atoms. The summed E-state index contributed by atoms with van der Waals surface area (Å²) >= 11 is 0. The van der Waals surface area contributed by atoms with Gasteiger partial charge in [0.15, 0.2) is 5.82 Å². The predicted molar refractivity (Wildman–Crippen MR) is 90.7 cm³/mol. The molecule has 0 spiro atoms. The summed E-state index contributed by atoms with van der Waals surface area (Å²) < 4.78 is 16.0. The average Bonchev–Trinajstić information content (AvgIpc) is 2.90. The quantitative estimate of drug-likeness (QED) is 0.562. The molecule has 0 aliphatic carbocycles. The molecule has 4 aromatic rings. The molecule has 2 heterocycles. The zero-order chi connectivity index (χ0) is 16.7. The van der Waals surface area contributed by atoms with Crippen molar-refractivity contribution in [2.75, 3.05) is 0 Å². The Morgan fingerprint density at radius 1 is 1.04 bits per heavy atom. The van der Waals surface area contributed by atoms with Gasteiger partial charge in [0, 0.05) is 18.2 Å². The predicted octanol–water partition coefficient (Wildman–Crippen LogP) is 3.95. The molecule has 0 bridgehead atoms. The van der Waals surface area contributed by atoms with Gasteiger partial charge >= 0.3 is 0 Å². The van der Waals surface area contributed by atoms with Crippen LogP contribution in [0.25, 0.3) is 33.7 Å². The van der Waals surface area contributed by atoms with Crippen molar-refractivity contribution >= 4 is 11.0 Å². The summed E-state index contributed by atoms with van der Waals surface area (Å²) in [4.78, 5) is 9.28. The van der Waals surface area contributed by atoms with Crippen molar-refractivity contribution in [1.82, 2.24) is 19.7 Å². The first-order chi connectivity index (χ1) is 11.6. The van der Waals surface area contributed by atoms with E-state index in [0.717, 1.165) is 16.8 Å². The van der Waals surface area contributed by atoms with E-state index in [9.17, 15) is 4.39 Å². The standard InChI is InChI=1S/C19H14FN4/c1-12-16-18(24(2)23-12)17(14-10-6-7-11-15(14)20)22-19(21-16)13-8-4-3-5-9-13/h3-9,11H,1-2H3. The minimum atomic E-state index is -0.365. The molecule has 0 aliphatic heterocycles. The van der Waals surface area contributed by atoms with Gasteiger partial charge in [-0.05, 0) is 19.1 Å². The third kappa shape index (κ3) is 2.25. The molecule has 4 rings (SSSR count). The van der Waals surface area contributed by atoms with Gasteiger partial charge in [-0.15, -0.1) is 0 Å². The van der Waals surface area contributed by atoms with E-state index >= 15 is 0 Å². The second-order valence-electron chi connectivity index (χ2n) is 5.56. The van der Waals surface area contributed by atoms with Crippen LogP contribution in [-0.2, 0) is 7.05 Å². The number of nitrogens with zero attached hydrogens (tertiary/aromatic N) is 4. The fourth-order valence-electron chi connectivity index (χ4n) is 2.82. The Hall–Kier alpha value is -3.08. The van der Waals surface area contributed by atoms with Crippen LogP contribution < -0.4 is 0 Å². The van der Waals surface area contributed by atoms with Crippen molar-refractivity contribution in [3.63, 3.8) is 0 Å². The molecular weight excluding hydrogens is 303 g/mol. The van der Waals surface area contributed by atoms with Crippen molar-refractivity contribution < 1.29 is 4.39 Å². The van der Waals surface area contributed by atoms with E-state index in [1.807, 2.05) is 44.3 Å². The summed E-state index contributed by atoms with van der Waals surface area (Å²) in [6.07, 6.45) is 0. The highest BCUT2D eigenvalue weighted by atomic mass is 19.1. The number of fused-ring (bicyclic) bond motifs is 1. The first kappa shape index (κ1) is 14.5. The molecule has 2 aromatic carbocycles. The van der Waals surface area contributed by atoms with Gasteiger partial charge in [-0.1, -0.05) is 42.5 Å². The van der Waals surface area contributed by atoms with Crippen LogP contribution in [0, 0.1) is 18.8 Å². The van der Waals surface area contributed by atoms with E-state index in [-0.39, 0.29) is 5.82 Å². The van der Waals surface area contributed by atoms with E-state index < -0.39 is 0 Å². The fraction of sp³-hybridized carbons (Fsp3) is 0.105. The van der Waals surface area contributed by atoms with Gasteiger partial charge in [-0.2, -0.15) is 5.10 Å². The van der Waals surface area contributed by atoms with E-state index in [4.69, 9.17) is 0 Å². The van der Waals surface area contributed by atoms with Crippen molar-refractivity contribution in [1.29, 1.82) is 0 Å². The minimum Gasteiger partial charge on any atom is -0.264 e. The van der Waals surface area contributed by atoms with Gasteiger partial charge in [-0.3, -0.25) is 4.68 Å². The van der Waals surface area contributed by atoms with E-state index in [1.165, 1.54) is 6.07 Å². The highest BCUT2D eigenvalue weighted by Crippen LogP contribution is 2.31. The van der Waals surface area contributed by atoms with Crippen LogP contribution in [0.1, 0.15) is 5.69 Å². The minimum absolute atomic E-state index is 0.324. The van der Waals surface area contributed by atoms with Gasteiger partial charge in [0.05, 0.1) is 5.69 Å². The molecule has 0 unspecified atom stereocenters. The summed E-state index contributed by atoms with van der Waals surface area (Å²) in [6.45, 7) is 1.89. The number of aromatic nitrogens is 4. The molecule has 2 aromatic heterocycles. The highest BCUT2D eigenvalue weighted by Gasteiger charge is 2.19. The van der Waals surface area contributed by atoms with Crippen LogP contribution in [0.15, 0.2) is 48.5 Å². The van der Waals surface area contributed by atoms with E-state index in [0.29, 0.717) is 22.6 Å². The molecule has 5 heteroatoms. The molecule has 0 saturated carbocycles. The number of aryl methyl sites for hydroxylation is 2. The fourth-order valence-corrected chi connectivity index (χ4v) is 2.82. The molecule has 117 valence electrons. The Bertz CT molecular complexity index is 1040. The Morgan fingerprint density at radius 3 is 2.58 bits per heavy atom. The van der Waals surface area contributed by atoms with Gasteiger partial charge in [-0.25, -0.2) is 14.4 Å². The molecule has 0 amide bonds. The summed E-state index contributed by atoms with van der Waals surface area (Å²) in [7, 11) is 1.81. The SMILES string of the molecule is Cc1nn(C)c2c(-c3[c]cccc3F)nc(-c3ccccc3)nc12. The zero-order valence-corrected chi connectivity index (χ0v) is 13.3. The Balaban J connectivity index is 2.09. The summed E-state index contributed by atoms with van der Waals surface area (Å²) in [5.41, 5.74) is 3.90. The van der Waals surface area contributed by atoms with Gasteiger partial charge in [0.2, 0.25) is 0 Å². The maximum atomic E-state index is 14.4.